The third-order valence-electron chi connectivity index (χ3n) is 11.1. The molecule has 10 rings (SSSR count). The Labute approximate surface area is 351 Å². The molecule has 0 unspecified atom stereocenters. The van der Waals surface area contributed by atoms with Crippen molar-refractivity contribution in [2.45, 2.75) is 0 Å². The van der Waals surface area contributed by atoms with Crippen molar-refractivity contribution >= 4 is 5.57 Å². The molecular formula is C56H40N4. The summed E-state index contributed by atoms with van der Waals surface area (Å²) in [5.74, 6) is 0. The highest BCUT2D eigenvalue weighted by molar-refractivity contribution is 5.89. The fraction of sp³-hybridized carbons (Fsp3) is 0.0179. The fourth-order valence-electron chi connectivity index (χ4n) is 8.02. The lowest BCUT2D eigenvalue weighted by atomic mass is 9.88. The number of dihydropyridines is 1. The molecule has 0 bridgehead atoms. The molecule has 0 spiro atoms. The van der Waals surface area contributed by atoms with Crippen LogP contribution in [0.4, 0.5) is 0 Å². The van der Waals surface area contributed by atoms with E-state index in [-0.39, 0.29) is 0 Å². The van der Waals surface area contributed by atoms with Gasteiger partial charge in [0, 0.05) is 66.6 Å². The summed E-state index contributed by atoms with van der Waals surface area (Å²) < 4.78 is 0. The van der Waals surface area contributed by atoms with Crippen LogP contribution in [-0.2, 0) is 0 Å². The molecule has 0 saturated heterocycles. The molecule has 1 N–H and O–H groups in total. The zero-order valence-electron chi connectivity index (χ0n) is 32.9. The minimum Gasteiger partial charge on any atom is -0.387 e. The Balaban J connectivity index is 1.17. The van der Waals surface area contributed by atoms with Crippen LogP contribution in [0.3, 0.4) is 0 Å². The standard InChI is InChI=1S/C56H40N4/c1-9-39(47-17-5-21-57-35-47)25-43(13-1)51-29-52(44-14-2-10-40(26-44)48-18-6-22-58-36-48)32-55(31-51)56-33-53(45-15-3-11-41(27-45)49-19-7-23-59-37-49)30-54(34-56)46-16-4-12-42(28-46)50-20-8-24-60-38-50/h1-23,25-38,60H,24H2. The molecule has 0 radical (unpaired) electrons. The van der Waals surface area contributed by atoms with Gasteiger partial charge in [0.25, 0.3) is 0 Å². The minimum atomic E-state index is 0.843. The summed E-state index contributed by atoms with van der Waals surface area (Å²) in [4.78, 5) is 13.2. The highest BCUT2D eigenvalue weighted by Gasteiger charge is 2.14. The monoisotopic (exact) mass is 768 g/mol. The molecule has 4 nitrogen and oxygen atoms in total. The lowest BCUT2D eigenvalue weighted by Crippen LogP contribution is -2.08. The molecule has 0 aliphatic carbocycles. The van der Waals surface area contributed by atoms with Gasteiger partial charge in [-0.25, -0.2) is 0 Å². The Kier molecular flexibility index (Phi) is 10.0. The van der Waals surface area contributed by atoms with Crippen LogP contribution in [0.1, 0.15) is 5.56 Å². The summed E-state index contributed by atoms with van der Waals surface area (Å²) in [7, 11) is 0. The smallest absolute Gasteiger partial charge is 0.0346 e. The first-order valence-electron chi connectivity index (χ1n) is 20.2. The van der Waals surface area contributed by atoms with Crippen LogP contribution in [0.2, 0.25) is 0 Å². The Bertz CT molecular complexity index is 2920. The van der Waals surface area contributed by atoms with Crippen LogP contribution in [-0.4, -0.2) is 21.5 Å². The van der Waals surface area contributed by atoms with Crippen molar-refractivity contribution in [3.63, 3.8) is 0 Å². The quantitative estimate of drug-likeness (QED) is 0.159. The van der Waals surface area contributed by atoms with E-state index in [1.54, 1.807) is 0 Å². The van der Waals surface area contributed by atoms with Gasteiger partial charge in [0.15, 0.2) is 0 Å². The summed E-state index contributed by atoms with van der Waals surface area (Å²) in [6.07, 6.45) is 17.7. The van der Waals surface area contributed by atoms with E-state index in [1.165, 1.54) is 11.1 Å². The maximum Gasteiger partial charge on any atom is 0.0346 e. The predicted molar refractivity (Wildman–Crippen MR) is 248 cm³/mol. The first kappa shape index (κ1) is 36.4. The van der Waals surface area contributed by atoms with E-state index in [9.17, 15) is 0 Å². The lowest BCUT2D eigenvalue weighted by Gasteiger charge is -2.16. The van der Waals surface area contributed by atoms with Crippen molar-refractivity contribution in [3.8, 4) is 89.0 Å². The van der Waals surface area contributed by atoms with Gasteiger partial charge in [0.1, 0.15) is 0 Å². The molecule has 3 aromatic heterocycles. The summed E-state index contributed by atoms with van der Waals surface area (Å²) >= 11 is 0. The fourth-order valence-corrected chi connectivity index (χ4v) is 8.02. The van der Waals surface area contributed by atoms with Crippen molar-refractivity contribution in [1.82, 2.24) is 20.3 Å². The number of hydrogen-bond acceptors (Lipinski definition) is 4. The second-order valence-electron chi connectivity index (χ2n) is 15.1. The zero-order valence-corrected chi connectivity index (χ0v) is 32.9. The van der Waals surface area contributed by atoms with Crippen molar-refractivity contribution in [1.29, 1.82) is 0 Å². The Morgan fingerprint density at radius 2 is 0.583 bits per heavy atom. The van der Waals surface area contributed by atoms with E-state index >= 15 is 0 Å². The second kappa shape index (κ2) is 16.5. The summed E-state index contributed by atoms with van der Waals surface area (Å²) in [6.45, 7) is 0.843. The molecular weight excluding hydrogens is 729 g/mol. The molecule has 4 heteroatoms. The number of aromatic nitrogens is 3. The van der Waals surface area contributed by atoms with Crippen molar-refractivity contribution < 1.29 is 0 Å². The largest absolute Gasteiger partial charge is 0.387 e. The molecule has 9 aromatic rings. The van der Waals surface area contributed by atoms with Crippen LogP contribution in [0, 0.1) is 0 Å². The molecule has 1 aliphatic heterocycles. The summed E-state index contributed by atoms with van der Waals surface area (Å²) in [5, 5.41) is 3.38. The molecule has 0 amide bonds. The highest BCUT2D eigenvalue weighted by atomic mass is 14.8. The molecule has 1 aliphatic rings. The number of allylic oxidation sites excluding steroid dienone is 2. The lowest BCUT2D eigenvalue weighted by molar-refractivity contribution is 0.976. The number of nitrogens with zero attached hydrogens (tertiary/aromatic N) is 3. The Morgan fingerprint density at radius 3 is 0.900 bits per heavy atom. The first-order valence-corrected chi connectivity index (χ1v) is 20.2. The van der Waals surface area contributed by atoms with Gasteiger partial charge in [0.05, 0.1) is 0 Å². The normalized spacial score (nSPS) is 12.1. The van der Waals surface area contributed by atoms with E-state index in [4.69, 9.17) is 0 Å². The minimum absolute atomic E-state index is 0.843. The van der Waals surface area contributed by atoms with E-state index < -0.39 is 0 Å². The van der Waals surface area contributed by atoms with E-state index in [1.807, 2.05) is 55.4 Å². The first-order chi connectivity index (χ1) is 29.7. The van der Waals surface area contributed by atoms with E-state index in [0.29, 0.717) is 0 Å². The van der Waals surface area contributed by atoms with Crippen LogP contribution in [0.25, 0.3) is 94.6 Å². The van der Waals surface area contributed by atoms with Crippen LogP contribution >= 0.6 is 0 Å². The number of hydrogen-bond donors (Lipinski definition) is 1. The number of benzene rings is 6. The van der Waals surface area contributed by atoms with Gasteiger partial charge in [-0.05, 0) is 162 Å². The molecule has 284 valence electrons. The Morgan fingerprint density at radius 1 is 0.300 bits per heavy atom. The van der Waals surface area contributed by atoms with Gasteiger partial charge >= 0.3 is 0 Å². The summed E-state index contributed by atoms with van der Waals surface area (Å²) in [6, 6.07) is 61.5. The molecule has 0 saturated carbocycles. The zero-order chi connectivity index (χ0) is 40.1. The molecule has 0 atom stereocenters. The van der Waals surface area contributed by atoms with Crippen molar-refractivity contribution in [3.05, 3.63) is 231 Å². The van der Waals surface area contributed by atoms with Gasteiger partial charge in [0.2, 0.25) is 0 Å². The SMILES string of the molecule is C1=CC(c2cccc(-c3cc(-c4cccc(-c5cccnc5)c4)cc(-c4cc(-c5cccc(-c6cccnc6)c5)cc(-c5cccc(-c6cccnc6)c5)c4)c3)c2)=CNC1. The summed E-state index contributed by atoms with van der Waals surface area (Å²) in [5.41, 5.74) is 20.4. The maximum atomic E-state index is 4.41. The number of nitrogens with one attached hydrogen (secondary N) is 1. The highest BCUT2D eigenvalue weighted by Crippen LogP contribution is 2.40. The number of rotatable bonds is 9. The van der Waals surface area contributed by atoms with Gasteiger partial charge in [-0.3, -0.25) is 15.0 Å². The van der Waals surface area contributed by atoms with E-state index in [0.717, 1.165) is 95.6 Å². The predicted octanol–water partition coefficient (Wildman–Crippen LogP) is 13.7. The number of pyridine rings is 3. The third-order valence-corrected chi connectivity index (χ3v) is 11.1. The molecule has 0 fully saturated rings. The van der Waals surface area contributed by atoms with E-state index in [2.05, 4.69) is 190 Å². The van der Waals surface area contributed by atoms with Gasteiger partial charge in [-0.15, -0.1) is 0 Å². The maximum absolute atomic E-state index is 4.41. The third kappa shape index (κ3) is 7.83. The molecule has 6 aromatic carbocycles. The van der Waals surface area contributed by atoms with Gasteiger partial charge < -0.3 is 5.32 Å². The second-order valence-corrected chi connectivity index (χ2v) is 15.1. The molecule has 4 heterocycles. The van der Waals surface area contributed by atoms with Crippen LogP contribution in [0.15, 0.2) is 225 Å². The van der Waals surface area contributed by atoms with Crippen LogP contribution < -0.4 is 5.32 Å². The topological polar surface area (TPSA) is 50.7 Å². The average Bonchev–Trinajstić information content (AvgIpc) is 3.35. The average molecular weight is 769 g/mol. The van der Waals surface area contributed by atoms with Gasteiger partial charge in [-0.2, -0.15) is 0 Å². The van der Waals surface area contributed by atoms with Crippen molar-refractivity contribution in [2.24, 2.45) is 0 Å². The van der Waals surface area contributed by atoms with Crippen LogP contribution in [0.5, 0.6) is 0 Å². The van der Waals surface area contributed by atoms with Crippen molar-refractivity contribution in [2.75, 3.05) is 6.54 Å². The van der Waals surface area contributed by atoms with Gasteiger partial charge in [-0.1, -0.05) is 103 Å². The molecule has 60 heavy (non-hydrogen) atoms. The Hall–Kier alpha value is -7.95.